The van der Waals surface area contributed by atoms with Gasteiger partial charge in [0.25, 0.3) is 11.6 Å². The van der Waals surface area contributed by atoms with Crippen molar-refractivity contribution >= 4 is 39.6 Å². The molecule has 1 aliphatic rings. The minimum atomic E-state index is -0.969. The van der Waals surface area contributed by atoms with Crippen molar-refractivity contribution in [3.8, 4) is 5.75 Å². The third-order valence-corrected chi connectivity index (χ3v) is 4.79. The Bertz CT molecular complexity index is 964. The van der Waals surface area contributed by atoms with E-state index in [1.165, 1.54) is 6.07 Å². The van der Waals surface area contributed by atoms with Gasteiger partial charge in [0.15, 0.2) is 0 Å². The molecule has 144 valence electrons. The SMILES string of the molecule is O=C1NC[C@@H](c2ccccc2)[C@H]1C(=O)NN=Cc1cc(Br)cc([N+](=O)[O-])c1[O-]. The number of benzene rings is 2. The molecule has 3 rings (SSSR count). The Kier molecular flexibility index (Phi) is 5.69. The zero-order chi connectivity index (χ0) is 20.3. The highest BCUT2D eigenvalue weighted by Crippen LogP contribution is 2.31. The molecule has 2 atom stereocenters. The van der Waals surface area contributed by atoms with Crippen molar-refractivity contribution in [3.05, 3.63) is 68.2 Å². The molecule has 0 unspecified atom stereocenters. The quantitative estimate of drug-likeness (QED) is 0.310. The summed E-state index contributed by atoms with van der Waals surface area (Å²) < 4.78 is 0.325. The molecule has 9 nitrogen and oxygen atoms in total. The maximum Gasteiger partial charge on any atom is 0.263 e. The molecule has 0 saturated carbocycles. The fourth-order valence-corrected chi connectivity index (χ4v) is 3.46. The number of rotatable bonds is 5. The molecule has 0 spiro atoms. The van der Waals surface area contributed by atoms with Crippen molar-refractivity contribution in [1.82, 2.24) is 10.7 Å². The average molecular weight is 446 g/mol. The van der Waals surface area contributed by atoms with E-state index in [1.54, 1.807) is 0 Å². The summed E-state index contributed by atoms with van der Waals surface area (Å²) in [6.07, 6.45) is 1.02. The molecule has 2 amide bonds. The van der Waals surface area contributed by atoms with E-state index in [2.05, 4.69) is 31.8 Å². The number of carbonyl (C=O) groups is 2. The van der Waals surface area contributed by atoms with Crippen molar-refractivity contribution in [2.24, 2.45) is 11.0 Å². The molecule has 0 bridgehead atoms. The number of carbonyl (C=O) groups excluding carboxylic acids is 2. The number of amides is 2. The topological polar surface area (TPSA) is 137 Å². The van der Waals surface area contributed by atoms with Crippen LogP contribution in [0.5, 0.6) is 5.75 Å². The van der Waals surface area contributed by atoms with Gasteiger partial charge < -0.3 is 10.4 Å². The second-order valence-corrected chi connectivity index (χ2v) is 6.99. The number of hydrazone groups is 1. The summed E-state index contributed by atoms with van der Waals surface area (Å²) in [5, 5.41) is 29.3. The summed E-state index contributed by atoms with van der Waals surface area (Å²) in [5.74, 6) is -3.18. The lowest BCUT2D eigenvalue weighted by atomic mass is 9.88. The van der Waals surface area contributed by atoms with E-state index in [0.29, 0.717) is 11.0 Å². The molecule has 10 heteroatoms. The van der Waals surface area contributed by atoms with Crippen LogP contribution in [0.3, 0.4) is 0 Å². The zero-order valence-electron chi connectivity index (χ0n) is 14.3. The fourth-order valence-electron chi connectivity index (χ4n) is 3.00. The van der Waals surface area contributed by atoms with Gasteiger partial charge in [0.1, 0.15) is 5.92 Å². The van der Waals surface area contributed by atoms with Crippen LogP contribution in [0, 0.1) is 16.0 Å². The smallest absolute Gasteiger partial charge is 0.263 e. The third kappa shape index (κ3) is 4.01. The molecule has 2 N–H and O–H groups in total. The summed E-state index contributed by atoms with van der Waals surface area (Å²) in [4.78, 5) is 34.7. The van der Waals surface area contributed by atoms with Crippen molar-refractivity contribution in [3.63, 3.8) is 0 Å². The molecule has 0 radical (unpaired) electrons. The maximum atomic E-state index is 12.5. The average Bonchev–Trinajstić information content (AvgIpc) is 3.06. The van der Waals surface area contributed by atoms with E-state index in [4.69, 9.17) is 0 Å². The second-order valence-electron chi connectivity index (χ2n) is 6.07. The summed E-state index contributed by atoms with van der Waals surface area (Å²) in [5.41, 5.74) is 2.40. The summed E-state index contributed by atoms with van der Waals surface area (Å²) in [7, 11) is 0. The Morgan fingerprint density at radius 3 is 2.71 bits per heavy atom. The molecule has 1 saturated heterocycles. The first-order chi connectivity index (χ1) is 13.4. The number of hydrogen-bond donors (Lipinski definition) is 2. The monoisotopic (exact) mass is 445 g/mol. The first-order valence-electron chi connectivity index (χ1n) is 8.19. The number of hydrogen-bond acceptors (Lipinski definition) is 6. The van der Waals surface area contributed by atoms with Crippen molar-refractivity contribution in [1.29, 1.82) is 0 Å². The summed E-state index contributed by atoms with van der Waals surface area (Å²) in [6, 6.07) is 11.6. The van der Waals surface area contributed by atoms with E-state index in [1.807, 2.05) is 30.3 Å². The van der Waals surface area contributed by atoms with Crippen LogP contribution in [0.1, 0.15) is 17.0 Å². The third-order valence-electron chi connectivity index (χ3n) is 4.33. The maximum absolute atomic E-state index is 12.5. The van der Waals surface area contributed by atoms with Gasteiger partial charge in [-0.25, -0.2) is 5.43 Å². The normalized spacial score (nSPS) is 18.8. The molecule has 2 aromatic carbocycles. The van der Waals surface area contributed by atoms with Gasteiger partial charge in [0.05, 0.1) is 11.1 Å². The lowest BCUT2D eigenvalue weighted by molar-refractivity contribution is -0.398. The molecule has 1 fully saturated rings. The highest BCUT2D eigenvalue weighted by atomic mass is 79.9. The molecule has 0 aromatic heterocycles. The van der Waals surface area contributed by atoms with Gasteiger partial charge in [-0.1, -0.05) is 46.3 Å². The zero-order valence-corrected chi connectivity index (χ0v) is 15.9. The van der Waals surface area contributed by atoms with E-state index in [0.717, 1.165) is 17.8 Å². The first kappa shape index (κ1) is 19.5. The Labute approximate surface area is 167 Å². The Morgan fingerprint density at radius 2 is 2.04 bits per heavy atom. The molecule has 1 aliphatic heterocycles. The second kappa shape index (κ2) is 8.17. The molecule has 2 aromatic rings. The van der Waals surface area contributed by atoms with Crippen LogP contribution in [0.25, 0.3) is 0 Å². The summed E-state index contributed by atoms with van der Waals surface area (Å²) in [6.45, 7) is 0.327. The van der Waals surface area contributed by atoms with Gasteiger partial charge in [-0.3, -0.25) is 19.7 Å². The standard InChI is InChI=1S/C18H15BrN4O5/c19-12-6-11(16(24)14(7-12)23(27)28)8-21-22-18(26)15-13(9-20-17(15)25)10-4-2-1-3-5-10/h1-8,13,15,24H,9H2,(H,20,25)(H,22,26)/p-1/t13-,15+/m0/s1. The molecular weight excluding hydrogens is 432 g/mol. The predicted octanol–water partition coefficient (Wildman–Crippen LogP) is 1.41. The van der Waals surface area contributed by atoms with Crippen LogP contribution in [0.15, 0.2) is 52.0 Å². The minimum Gasteiger partial charge on any atom is -0.867 e. The number of nitrogens with zero attached hydrogens (tertiary/aromatic N) is 2. The van der Waals surface area contributed by atoms with Crippen molar-refractivity contribution in [2.75, 3.05) is 6.54 Å². The number of nitro benzene ring substituents is 1. The number of halogens is 1. The minimum absolute atomic E-state index is 0.0724. The van der Waals surface area contributed by atoms with Crippen LogP contribution in [-0.2, 0) is 9.59 Å². The first-order valence-corrected chi connectivity index (χ1v) is 8.98. The van der Waals surface area contributed by atoms with Crippen LogP contribution < -0.4 is 15.8 Å². The van der Waals surface area contributed by atoms with Gasteiger partial charge in [0, 0.05) is 23.0 Å². The van der Waals surface area contributed by atoms with Crippen LogP contribution >= 0.6 is 15.9 Å². The van der Waals surface area contributed by atoms with E-state index < -0.39 is 34.1 Å². The van der Waals surface area contributed by atoms with Gasteiger partial charge in [-0.15, -0.1) is 0 Å². The molecule has 28 heavy (non-hydrogen) atoms. The van der Waals surface area contributed by atoms with Gasteiger partial charge >= 0.3 is 0 Å². The molecule has 1 heterocycles. The van der Waals surface area contributed by atoms with Crippen molar-refractivity contribution < 1.29 is 19.6 Å². The van der Waals surface area contributed by atoms with E-state index in [-0.39, 0.29) is 11.5 Å². The fraction of sp³-hybridized carbons (Fsp3) is 0.167. The molecular formula is C18H14BrN4O5-. The number of nitrogens with one attached hydrogen (secondary N) is 2. The summed E-state index contributed by atoms with van der Waals surface area (Å²) >= 11 is 3.09. The Balaban J connectivity index is 1.76. The van der Waals surface area contributed by atoms with Crippen LogP contribution in [0.2, 0.25) is 0 Å². The Hall–Kier alpha value is -3.27. The highest BCUT2D eigenvalue weighted by Gasteiger charge is 2.40. The largest absolute Gasteiger partial charge is 0.867 e. The predicted molar refractivity (Wildman–Crippen MR) is 102 cm³/mol. The van der Waals surface area contributed by atoms with Gasteiger partial charge in [-0.05, 0) is 22.9 Å². The lowest BCUT2D eigenvalue weighted by Gasteiger charge is -2.15. The van der Waals surface area contributed by atoms with Crippen LogP contribution in [-0.4, -0.2) is 29.5 Å². The Morgan fingerprint density at radius 1 is 1.32 bits per heavy atom. The van der Waals surface area contributed by atoms with E-state index >= 15 is 0 Å². The van der Waals surface area contributed by atoms with E-state index in [9.17, 15) is 24.8 Å². The lowest BCUT2D eigenvalue weighted by Crippen LogP contribution is -2.34. The molecule has 0 aliphatic carbocycles. The highest BCUT2D eigenvalue weighted by molar-refractivity contribution is 9.10. The number of nitro groups is 1. The van der Waals surface area contributed by atoms with Crippen LogP contribution in [0.4, 0.5) is 5.69 Å². The van der Waals surface area contributed by atoms with Crippen molar-refractivity contribution in [2.45, 2.75) is 5.92 Å². The van der Waals surface area contributed by atoms with Gasteiger partial charge in [-0.2, -0.15) is 5.10 Å². The van der Waals surface area contributed by atoms with Gasteiger partial charge in [0.2, 0.25) is 5.91 Å².